The third-order valence-corrected chi connectivity index (χ3v) is 4.40. The van der Waals surface area contributed by atoms with Crippen LogP contribution in [0.3, 0.4) is 0 Å². The average molecular weight is 242 g/mol. The number of likely N-dealkylation sites (N-methyl/N-ethyl adjacent to an activating group) is 1. The molecule has 2 atom stereocenters. The van der Waals surface area contributed by atoms with Crippen molar-refractivity contribution in [2.75, 3.05) is 33.3 Å². The molecule has 0 radical (unpaired) electrons. The van der Waals surface area contributed by atoms with E-state index in [0.717, 1.165) is 13.0 Å². The van der Waals surface area contributed by atoms with Crippen LogP contribution in [0.1, 0.15) is 19.3 Å². The van der Waals surface area contributed by atoms with E-state index >= 15 is 0 Å². The fourth-order valence-electron chi connectivity index (χ4n) is 3.01. The summed E-state index contributed by atoms with van der Waals surface area (Å²) in [7, 11) is 2.04. The number of amides is 1. The molecule has 2 heterocycles. The van der Waals surface area contributed by atoms with E-state index in [1.807, 2.05) is 7.05 Å². The highest BCUT2D eigenvalue weighted by Crippen LogP contribution is 2.38. The van der Waals surface area contributed by atoms with Crippen LogP contribution in [-0.4, -0.2) is 66.8 Å². The summed E-state index contributed by atoms with van der Waals surface area (Å²) in [5, 5.41) is 0. The lowest BCUT2D eigenvalue weighted by molar-refractivity contribution is -0.149. The number of halogens is 1. The van der Waals surface area contributed by atoms with Gasteiger partial charge in [0.25, 0.3) is 5.91 Å². The summed E-state index contributed by atoms with van der Waals surface area (Å²) in [6.45, 7) is 2.77. The highest BCUT2D eigenvalue weighted by Gasteiger charge is 2.50. The van der Waals surface area contributed by atoms with Gasteiger partial charge in [-0.15, -0.1) is 0 Å². The van der Waals surface area contributed by atoms with Crippen LogP contribution < -0.4 is 0 Å². The summed E-state index contributed by atoms with van der Waals surface area (Å²) in [5.74, 6) is -0.310. The zero-order valence-electron chi connectivity index (χ0n) is 10.2. The predicted molar refractivity (Wildman–Crippen MR) is 60.4 cm³/mol. The average Bonchev–Trinajstić information content (AvgIpc) is 2.70. The minimum Gasteiger partial charge on any atom is -0.373 e. The van der Waals surface area contributed by atoms with Crippen molar-refractivity contribution < 1.29 is 13.9 Å². The number of hydrogen-bond donors (Lipinski definition) is 0. The summed E-state index contributed by atoms with van der Waals surface area (Å²) < 4.78 is 19.7. The van der Waals surface area contributed by atoms with Gasteiger partial charge < -0.3 is 9.64 Å². The van der Waals surface area contributed by atoms with E-state index in [0.29, 0.717) is 32.5 Å². The number of carbonyl (C=O) groups is 1. The number of carbonyl (C=O) groups excluding carboxylic acids is 1. The van der Waals surface area contributed by atoms with Crippen LogP contribution >= 0.6 is 0 Å². The first kappa shape index (κ1) is 11.4. The molecule has 0 unspecified atom stereocenters. The van der Waals surface area contributed by atoms with Crippen LogP contribution in [0.15, 0.2) is 0 Å². The van der Waals surface area contributed by atoms with Crippen LogP contribution in [0.2, 0.25) is 0 Å². The number of likely N-dealkylation sites (tertiary alicyclic amines) is 1. The molecule has 96 valence electrons. The molecule has 3 aliphatic rings. The van der Waals surface area contributed by atoms with Crippen molar-refractivity contribution in [3.05, 3.63) is 0 Å². The fourth-order valence-corrected chi connectivity index (χ4v) is 3.01. The van der Waals surface area contributed by atoms with Crippen molar-refractivity contribution in [2.24, 2.45) is 0 Å². The summed E-state index contributed by atoms with van der Waals surface area (Å²) in [4.78, 5) is 16.0. The zero-order valence-corrected chi connectivity index (χ0v) is 10.2. The van der Waals surface area contributed by atoms with Gasteiger partial charge in [0.2, 0.25) is 0 Å². The Morgan fingerprint density at radius 1 is 1.41 bits per heavy atom. The largest absolute Gasteiger partial charge is 0.373 e. The number of rotatable bonds is 1. The van der Waals surface area contributed by atoms with Crippen molar-refractivity contribution in [2.45, 2.75) is 37.1 Å². The van der Waals surface area contributed by atoms with Crippen LogP contribution in [0.25, 0.3) is 0 Å². The highest BCUT2D eigenvalue weighted by molar-refractivity contribution is 5.86. The van der Waals surface area contributed by atoms with E-state index in [1.54, 1.807) is 4.90 Å². The van der Waals surface area contributed by atoms with Crippen LogP contribution in [0, 0.1) is 0 Å². The molecule has 1 aliphatic carbocycles. The van der Waals surface area contributed by atoms with Gasteiger partial charge >= 0.3 is 0 Å². The Bertz CT molecular complexity index is 332. The van der Waals surface area contributed by atoms with Gasteiger partial charge in [-0.25, -0.2) is 4.39 Å². The van der Waals surface area contributed by atoms with Crippen molar-refractivity contribution in [3.8, 4) is 0 Å². The molecule has 0 N–H and O–H groups in total. The molecule has 5 heteroatoms. The Labute approximate surface area is 101 Å². The highest BCUT2D eigenvalue weighted by atomic mass is 19.1. The first-order valence-electron chi connectivity index (χ1n) is 6.40. The van der Waals surface area contributed by atoms with Crippen LogP contribution in [-0.2, 0) is 9.53 Å². The van der Waals surface area contributed by atoms with E-state index in [2.05, 4.69) is 4.90 Å². The fraction of sp³-hybridized carbons (Fsp3) is 0.917. The Morgan fingerprint density at radius 3 is 2.76 bits per heavy atom. The molecule has 0 bridgehead atoms. The van der Waals surface area contributed by atoms with E-state index in [1.165, 1.54) is 0 Å². The summed E-state index contributed by atoms with van der Waals surface area (Å²) in [6.07, 6.45) is 1.70. The molecule has 4 nitrogen and oxygen atoms in total. The van der Waals surface area contributed by atoms with Gasteiger partial charge in [0.05, 0.1) is 18.8 Å². The molecule has 1 amide bonds. The molecule has 2 aliphatic heterocycles. The maximum absolute atomic E-state index is 14.1. The second-order valence-corrected chi connectivity index (χ2v) is 5.49. The van der Waals surface area contributed by atoms with E-state index in [4.69, 9.17) is 4.74 Å². The minimum absolute atomic E-state index is 0.0707. The summed E-state index contributed by atoms with van der Waals surface area (Å²) in [5.41, 5.74) is -1.56. The summed E-state index contributed by atoms with van der Waals surface area (Å²) >= 11 is 0. The predicted octanol–water partition coefficient (Wildman–Crippen LogP) is 0.420. The van der Waals surface area contributed by atoms with Crippen LogP contribution in [0.4, 0.5) is 4.39 Å². The third-order valence-electron chi connectivity index (χ3n) is 4.40. The Hall–Kier alpha value is -0.680. The maximum Gasteiger partial charge on any atom is 0.260 e. The smallest absolute Gasteiger partial charge is 0.260 e. The SMILES string of the molecule is CN1CCO[C@H]2CN(C(=O)C3(F)CCC3)C[C@H]21. The Balaban J connectivity index is 1.68. The molecular weight excluding hydrogens is 223 g/mol. The van der Waals surface area contributed by atoms with E-state index in [9.17, 15) is 9.18 Å². The number of morpholine rings is 1. The normalized spacial score (nSPS) is 36.5. The van der Waals surface area contributed by atoms with Crippen LogP contribution in [0.5, 0.6) is 0 Å². The number of ether oxygens (including phenoxy) is 1. The first-order chi connectivity index (χ1) is 8.10. The standard InChI is InChI=1S/C12H19FN2O2/c1-14-5-6-17-10-8-15(7-9(10)14)11(16)12(13)3-2-4-12/h9-10H,2-8H2,1H3/t9-,10+/m1/s1. The van der Waals surface area contributed by atoms with Crippen molar-refractivity contribution >= 4 is 5.91 Å². The van der Waals surface area contributed by atoms with Crippen molar-refractivity contribution in [3.63, 3.8) is 0 Å². The molecule has 3 rings (SSSR count). The molecule has 0 aromatic rings. The molecule has 3 fully saturated rings. The lowest BCUT2D eigenvalue weighted by atomic mass is 9.81. The van der Waals surface area contributed by atoms with Gasteiger partial charge in [0.15, 0.2) is 5.67 Å². The van der Waals surface area contributed by atoms with E-state index < -0.39 is 5.67 Å². The monoisotopic (exact) mass is 242 g/mol. The molecular formula is C12H19FN2O2. The lowest BCUT2D eigenvalue weighted by Crippen LogP contribution is -2.50. The van der Waals surface area contributed by atoms with Gasteiger partial charge in [-0.05, 0) is 26.3 Å². The molecule has 0 spiro atoms. The maximum atomic E-state index is 14.1. The first-order valence-corrected chi connectivity index (χ1v) is 6.40. The number of hydrogen-bond acceptors (Lipinski definition) is 3. The quantitative estimate of drug-likeness (QED) is 0.668. The van der Waals surface area contributed by atoms with E-state index in [-0.39, 0.29) is 18.1 Å². The number of fused-ring (bicyclic) bond motifs is 1. The van der Waals surface area contributed by atoms with Gasteiger partial charge in [0.1, 0.15) is 0 Å². The van der Waals surface area contributed by atoms with Gasteiger partial charge in [-0.3, -0.25) is 9.69 Å². The second kappa shape index (κ2) is 3.92. The lowest BCUT2D eigenvalue weighted by Gasteiger charge is -2.35. The molecule has 2 saturated heterocycles. The number of alkyl halides is 1. The summed E-state index contributed by atoms with van der Waals surface area (Å²) in [6, 6.07) is 0.247. The minimum atomic E-state index is -1.56. The van der Waals surface area contributed by atoms with Crippen molar-refractivity contribution in [1.29, 1.82) is 0 Å². The molecule has 0 aromatic heterocycles. The molecule has 0 aromatic carbocycles. The van der Waals surface area contributed by atoms with Gasteiger partial charge in [0, 0.05) is 19.6 Å². The molecule has 1 saturated carbocycles. The topological polar surface area (TPSA) is 32.8 Å². The molecule has 17 heavy (non-hydrogen) atoms. The Morgan fingerprint density at radius 2 is 2.18 bits per heavy atom. The van der Waals surface area contributed by atoms with Gasteiger partial charge in [-0.2, -0.15) is 0 Å². The zero-order chi connectivity index (χ0) is 12.0. The number of nitrogens with zero attached hydrogens (tertiary/aromatic N) is 2. The Kier molecular flexibility index (Phi) is 2.63. The van der Waals surface area contributed by atoms with Crippen molar-refractivity contribution in [1.82, 2.24) is 9.80 Å². The second-order valence-electron chi connectivity index (χ2n) is 5.49. The third kappa shape index (κ3) is 1.76. The van der Waals surface area contributed by atoms with Gasteiger partial charge in [-0.1, -0.05) is 0 Å².